The third-order valence-electron chi connectivity index (χ3n) is 3.64. The van der Waals surface area contributed by atoms with E-state index in [-0.39, 0.29) is 0 Å². The molecular weight excluding hydrogens is 443 g/mol. The van der Waals surface area contributed by atoms with Gasteiger partial charge in [0.25, 0.3) is 5.56 Å². The highest BCUT2D eigenvalue weighted by Crippen LogP contribution is 2.73. The Balaban J connectivity index is 2.21. The van der Waals surface area contributed by atoms with Crippen LogP contribution in [0.5, 0.6) is 0 Å². The second-order valence-corrected chi connectivity index (χ2v) is 9.42. The fourth-order valence-electron chi connectivity index (χ4n) is 2.16. The first kappa shape index (κ1) is 22.9. The summed E-state index contributed by atoms with van der Waals surface area (Å²) in [5.74, 6) is -1.47. The van der Waals surface area contributed by atoms with Crippen molar-refractivity contribution < 1.29 is 56.5 Å². The summed E-state index contributed by atoms with van der Waals surface area (Å²) in [7, 11) is -12.7. The summed E-state index contributed by atoms with van der Waals surface area (Å²) in [5, 5.41) is 14.2. The van der Waals surface area contributed by atoms with Crippen molar-refractivity contribution in [3.05, 3.63) is 32.9 Å². The Bertz CT molecular complexity index is 959. The number of H-pyrrole nitrogens is 1. The molecule has 1 saturated heterocycles. The Morgan fingerprint density at radius 3 is 2.32 bits per heavy atom. The zero-order chi connectivity index (χ0) is 21.7. The molecular formula is C10H13F3N2O11P2. The summed E-state index contributed by atoms with van der Waals surface area (Å²) in [5.41, 5.74) is -2.67. The topological polar surface area (TPSA) is 209 Å². The summed E-state index contributed by atoms with van der Waals surface area (Å²) in [6.07, 6.45) is -7.41. The molecule has 1 aromatic heterocycles. The van der Waals surface area contributed by atoms with Crippen LogP contribution in [0.3, 0.4) is 0 Å². The highest BCUT2D eigenvalue weighted by molar-refractivity contribution is 7.72. The van der Waals surface area contributed by atoms with Crippen LogP contribution in [0.4, 0.5) is 13.2 Å². The average molecular weight is 456 g/mol. The van der Waals surface area contributed by atoms with Crippen LogP contribution in [-0.2, 0) is 18.4 Å². The lowest BCUT2D eigenvalue weighted by atomic mass is 10.1. The number of rotatable bonds is 6. The van der Waals surface area contributed by atoms with E-state index >= 15 is 0 Å². The number of nitrogens with one attached hydrogen (secondary N) is 1. The molecule has 1 aromatic rings. The molecule has 5 atom stereocenters. The minimum Gasteiger partial charge on any atom is -0.387 e. The molecule has 0 bridgehead atoms. The van der Waals surface area contributed by atoms with E-state index in [1.54, 1.807) is 0 Å². The number of halogens is 3. The normalized spacial score (nSPS) is 28.3. The van der Waals surface area contributed by atoms with Crippen molar-refractivity contribution in [2.45, 2.75) is 29.9 Å². The number of nitrogens with zero attached hydrogens (tertiary/aromatic N) is 1. The Morgan fingerprint density at radius 2 is 1.79 bits per heavy atom. The molecule has 1 unspecified atom stereocenters. The first-order valence-electron chi connectivity index (χ1n) is 7.03. The number of aliphatic hydroxyl groups excluding tert-OH is 2. The Morgan fingerprint density at radius 1 is 1.21 bits per heavy atom. The predicted octanol–water partition coefficient (Wildman–Crippen LogP) is -1.78. The molecule has 0 amide bonds. The number of ether oxygens (including phenoxy) is 1. The van der Waals surface area contributed by atoms with Gasteiger partial charge in [0, 0.05) is 0 Å². The van der Waals surface area contributed by atoms with Crippen LogP contribution in [0.25, 0.3) is 0 Å². The monoisotopic (exact) mass is 456 g/mol. The van der Waals surface area contributed by atoms with Gasteiger partial charge in [-0.1, -0.05) is 0 Å². The maximum absolute atomic E-state index is 13.4. The zero-order valence-corrected chi connectivity index (χ0v) is 15.0. The number of aliphatic hydroxyl groups is 2. The fourth-order valence-corrected chi connectivity index (χ4v) is 4.16. The lowest BCUT2D eigenvalue weighted by molar-refractivity contribution is -0.0550. The van der Waals surface area contributed by atoms with Gasteiger partial charge in [-0.3, -0.25) is 23.5 Å². The van der Waals surface area contributed by atoms with E-state index in [0.29, 0.717) is 10.8 Å². The molecule has 6 N–H and O–H groups in total. The molecule has 1 aliphatic rings. The van der Waals surface area contributed by atoms with Crippen molar-refractivity contribution in [2.75, 3.05) is 6.61 Å². The van der Waals surface area contributed by atoms with Gasteiger partial charge < -0.3 is 34.2 Å². The van der Waals surface area contributed by atoms with Gasteiger partial charge in [0.1, 0.15) is 18.3 Å². The first-order chi connectivity index (χ1) is 12.6. The van der Waals surface area contributed by atoms with Crippen molar-refractivity contribution in [3.63, 3.8) is 0 Å². The largest absolute Gasteiger partial charge is 0.443 e. The second kappa shape index (κ2) is 7.48. The highest BCUT2D eigenvalue weighted by Gasteiger charge is 2.65. The summed E-state index contributed by atoms with van der Waals surface area (Å²) in [4.78, 5) is 50.2. The highest BCUT2D eigenvalue weighted by atomic mass is 31.2. The molecule has 0 radical (unpaired) electrons. The van der Waals surface area contributed by atoms with Crippen LogP contribution in [0.2, 0.25) is 0 Å². The molecule has 28 heavy (non-hydrogen) atoms. The summed E-state index contributed by atoms with van der Waals surface area (Å²) in [6.45, 7) is -1.38. The van der Waals surface area contributed by atoms with Crippen molar-refractivity contribution >= 4 is 15.2 Å². The number of aromatic nitrogens is 2. The second-order valence-electron chi connectivity index (χ2n) is 5.56. The molecule has 0 aliphatic carbocycles. The van der Waals surface area contributed by atoms with Gasteiger partial charge in [0.15, 0.2) is 6.23 Å². The van der Waals surface area contributed by atoms with Gasteiger partial charge in [-0.05, 0) is 0 Å². The van der Waals surface area contributed by atoms with Crippen molar-refractivity contribution in [3.8, 4) is 0 Å². The van der Waals surface area contributed by atoms with Crippen LogP contribution in [0.1, 0.15) is 6.23 Å². The summed E-state index contributed by atoms with van der Waals surface area (Å²) >= 11 is 0. The molecule has 1 aliphatic heterocycles. The van der Waals surface area contributed by atoms with E-state index in [4.69, 9.17) is 19.4 Å². The molecule has 2 heterocycles. The minimum atomic E-state index is -6.40. The smallest absolute Gasteiger partial charge is 0.387 e. The standard InChI is InChI=1S/C10H13F3N2O11P2/c11-3-1-15(9(19)14-7(3)18)8-6(17)5(16)4(26-8)2-25-28(23,24)10(12,13)27(20,21)22/h1,4-6,8,16-17H,2H2,(H,23,24)(H,14,18,19)(H2,20,21,22)/t4-,5-,6-,8-/m1/s1. The minimum absolute atomic E-state index is 0.313. The number of hydrogen-bond acceptors (Lipinski definition) is 8. The van der Waals surface area contributed by atoms with E-state index in [1.807, 2.05) is 0 Å². The number of hydrogen-bond donors (Lipinski definition) is 6. The van der Waals surface area contributed by atoms with Gasteiger partial charge in [-0.25, -0.2) is 4.79 Å². The van der Waals surface area contributed by atoms with Gasteiger partial charge in [0.05, 0.1) is 12.8 Å². The van der Waals surface area contributed by atoms with Crippen LogP contribution in [0, 0.1) is 5.82 Å². The van der Waals surface area contributed by atoms with Crippen molar-refractivity contribution in [1.82, 2.24) is 9.55 Å². The lowest BCUT2D eigenvalue weighted by Crippen LogP contribution is -2.38. The quantitative estimate of drug-likeness (QED) is 0.264. The van der Waals surface area contributed by atoms with Gasteiger partial charge in [0.2, 0.25) is 5.82 Å². The van der Waals surface area contributed by atoms with E-state index in [1.165, 1.54) is 4.98 Å². The van der Waals surface area contributed by atoms with E-state index in [9.17, 15) is 42.1 Å². The van der Waals surface area contributed by atoms with E-state index < -0.39 is 68.8 Å². The Hall–Kier alpha value is -1.35. The lowest BCUT2D eigenvalue weighted by Gasteiger charge is -2.24. The molecule has 0 aromatic carbocycles. The van der Waals surface area contributed by atoms with Crippen LogP contribution < -0.4 is 11.2 Å². The summed E-state index contributed by atoms with van der Waals surface area (Å²) < 4.78 is 71.3. The molecule has 0 saturated carbocycles. The van der Waals surface area contributed by atoms with Crippen molar-refractivity contribution in [1.29, 1.82) is 0 Å². The Labute approximate surface area is 151 Å². The first-order valence-corrected chi connectivity index (χ1v) is 10.2. The summed E-state index contributed by atoms with van der Waals surface area (Å²) in [6, 6.07) is 0. The predicted molar refractivity (Wildman–Crippen MR) is 80.0 cm³/mol. The third-order valence-corrected chi connectivity index (χ3v) is 7.06. The number of aromatic amines is 1. The molecule has 2 rings (SSSR count). The van der Waals surface area contributed by atoms with E-state index in [2.05, 4.69) is 4.52 Å². The van der Waals surface area contributed by atoms with Gasteiger partial charge >= 0.3 is 26.3 Å². The SMILES string of the molecule is O=c1[nH]c(=O)n([C@@H]2O[C@H](COP(=O)(O)C(F)(F)P(=O)(O)O)[C@@H](O)[C@H]2O)cc1F. The molecule has 13 nitrogen and oxygen atoms in total. The average Bonchev–Trinajstić information content (AvgIpc) is 2.83. The van der Waals surface area contributed by atoms with Gasteiger partial charge in [-0.15, -0.1) is 0 Å². The molecule has 18 heteroatoms. The van der Waals surface area contributed by atoms with Gasteiger partial charge in [-0.2, -0.15) is 13.2 Å². The molecule has 0 spiro atoms. The molecule has 1 fully saturated rings. The van der Waals surface area contributed by atoms with Crippen LogP contribution >= 0.6 is 15.2 Å². The number of alkyl halides is 2. The third kappa shape index (κ3) is 4.01. The Kier molecular flexibility index (Phi) is 6.13. The zero-order valence-electron chi connectivity index (χ0n) is 13.3. The maximum Gasteiger partial charge on any atom is 0.443 e. The van der Waals surface area contributed by atoms with Crippen LogP contribution in [-0.4, -0.2) is 64.8 Å². The van der Waals surface area contributed by atoms with E-state index in [0.717, 1.165) is 0 Å². The molecule has 160 valence electrons. The van der Waals surface area contributed by atoms with Crippen LogP contribution in [0.15, 0.2) is 15.8 Å². The van der Waals surface area contributed by atoms with Crippen molar-refractivity contribution in [2.24, 2.45) is 0 Å². The maximum atomic E-state index is 13.4. The fraction of sp³-hybridized carbons (Fsp3) is 0.600.